The van der Waals surface area contributed by atoms with E-state index in [1.54, 1.807) is 48.2 Å². The summed E-state index contributed by atoms with van der Waals surface area (Å²) in [5, 5.41) is 24.3. The number of aliphatic imine (C=N–C) groups is 1. The maximum atomic E-state index is 14.6. The van der Waals surface area contributed by atoms with E-state index in [2.05, 4.69) is 15.3 Å². The second kappa shape index (κ2) is 14.3. The molecule has 1 atom stereocenters. The molecule has 0 spiro atoms. The van der Waals surface area contributed by atoms with E-state index >= 15 is 0 Å². The number of phenolic OH excluding ortho intramolecular Hbond substituents is 1. The van der Waals surface area contributed by atoms with Crippen molar-refractivity contribution in [2.75, 3.05) is 26.8 Å². The van der Waals surface area contributed by atoms with Gasteiger partial charge in [-0.25, -0.2) is 18.7 Å². The average Bonchev–Trinajstić information content (AvgIpc) is 3.50. The molecule has 2 aliphatic heterocycles. The fourth-order valence-corrected chi connectivity index (χ4v) is 7.29. The van der Waals surface area contributed by atoms with E-state index < -0.39 is 29.2 Å². The number of aliphatic hydroxyl groups excluding tert-OH is 1. The molecule has 51 heavy (non-hydrogen) atoms. The van der Waals surface area contributed by atoms with Crippen molar-refractivity contribution in [1.82, 2.24) is 34.4 Å². The Morgan fingerprint density at radius 2 is 1.92 bits per heavy atom. The van der Waals surface area contributed by atoms with Gasteiger partial charge in [-0.2, -0.15) is 10.1 Å². The number of aromatic nitrogens is 3. The van der Waals surface area contributed by atoms with Crippen molar-refractivity contribution >= 4 is 16.9 Å². The molecule has 0 saturated heterocycles. The van der Waals surface area contributed by atoms with Gasteiger partial charge in [0.25, 0.3) is 11.4 Å². The maximum Gasteiger partial charge on any atom is 0.337 e. The van der Waals surface area contributed by atoms with Gasteiger partial charge in [-0.1, -0.05) is 27.6 Å². The summed E-state index contributed by atoms with van der Waals surface area (Å²) < 4.78 is 30.8. The maximum absolute atomic E-state index is 14.6. The first-order valence-electron chi connectivity index (χ1n) is 17.1. The smallest absolute Gasteiger partial charge is 0.337 e. The number of fused-ring (bicyclic) bond motifs is 2. The fraction of sp³-hybridized carbons (Fsp3) is 0.351. The lowest BCUT2D eigenvalue weighted by Crippen LogP contribution is -2.44. The predicted molar refractivity (Wildman–Crippen MR) is 191 cm³/mol. The van der Waals surface area contributed by atoms with Gasteiger partial charge in [-0.05, 0) is 86.7 Å². The van der Waals surface area contributed by atoms with Crippen molar-refractivity contribution < 1.29 is 19.1 Å². The van der Waals surface area contributed by atoms with E-state index in [0.717, 1.165) is 34.7 Å². The lowest BCUT2D eigenvalue weighted by Gasteiger charge is -2.30. The summed E-state index contributed by atoms with van der Waals surface area (Å²) in [6.45, 7) is 3.18. The molecule has 7 rings (SSSR count). The van der Waals surface area contributed by atoms with Crippen LogP contribution < -0.4 is 21.5 Å². The molecule has 2 aromatic heterocycles. The van der Waals surface area contributed by atoms with Crippen LogP contribution in [0.15, 0.2) is 93.5 Å². The summed E-state index contributed by atoms with van der Waals surface area (Å²) in [5.74, 6) is 0.119. The topological polar surface area (TPSA) is 134 Å². The van der Waals surface area contributed by atoms with Crippen LogP contribution in [0.25, 0.3) is 27.8 Å². The molecule has 0 bridgehead atoms. The van der Waals surface area contributed by atoms with E-state index in [-0.39, 0.29) is 29.5 Å². The molecule has 1 fully saturated rings. The van der Waals surface area contributed by atoms with E-state index in [4.69, 9.17) is 0 Å². The van der Waals surface area contributed by atoms with Crippen molar-refractivity contribution in [1.29, 1.82) is 0 Å². The molecule has 12 nitrogen and oxygen atoms in total. The van der Waals surface area contributed by atoms with Gasteiger partial charge in [0.1, 0.15) is 17.3 Å². The number of benzene rings is 2. The Morgan fingerprint density at radius 1 is 1.12 bits per heavy atom. The first-order chi connectivity index (χ1) is 24.5. The zero-order chi connectivity index (χ0) is 35.8. The van der Waals surface area contributed by atoms with Crippen molar-refractivity contribution in [3.8, 4) is 22.6 Å². The van der Waals surface area contributed by atoms with Gasteiger partial charge < -0.3 is 15.5 Å². The largest absolute Gasteiger partial charge is 0.508 e. The molecule has 0 unspecified atom stereocenters. The first kappa shape index (κ1) is 34.4. The molecular weight excluding hydrogens is 658 g/mol. The zero-order valence-electron chi connectivity index (χ0n) is 28.4. The summed E-state index contributed by atoms with van der Waals surface area (Å²) in [6.07, 6.45) is 7.76. The molecule has 265 valence electrons. The fourth-order valence-electron chi connectivity index (χ4n) is 7.29. The van der Waals surface area contributed by atoms with Crippen molar-refractivity contribution in [3.05, 3.63) is 111 Å². The molecule has 1 aliphatic carbocycles. The van der Waals surface area contributed by atoms with Gasteiger partial charge in [0.2, 0.25) is 6.67 Å². The van der Waals surface area contributed by atoms with E-state index in [0.29, 0.717) is 62.0 Å². The number of nitrogens with zero attached hydrogens (tertiary/aromatic N) is 7. The number of pyridine rings is 1. The Balaban J connectivity index is 1.17. The summed E-state index contributed by atoms with van der Waals surface area (Å²) in [7, 11) is 1.88. The molecular formula is C37H40F2N8O4+. The van der Waals surface area contributed by atoms with Gasteiger partial charge in [-0.3, -0.25) is 14.3 Å². The number of rotatable bonds is 10. The Kier molecular flexibility index (Phi) is 9.66. The standard InChI is InChI=1S/C37H40F2N8O4/c1-23(48)19-43(2)20-25-15-31(49)10-11-32(25)24-4-3-5-30(14-24)46-35-33(16-26(38)17-41-35)36(50)47(37(46)51)29-8-6-27(7-9-29)40-18-28-21-44-22-45(39)13-12-34(44)42-28/h3-5,10-17,21,23,27,29,40,48-49H,6-9,18-20,22H2,1-2H3/q+1/t23-,27?,29?/m1/s1. The van der Waals surface area contributed by atoms with Crippen LogP contribution in [0.5, 0.6) is 5.75 Å². The van der Waals surface area contributed by atoms with Gasteiger partial charge >= 0.3 is 5.69 Å². The Labute approximate surface area is 292 Å². The summed E-state index contributed by atoms with van der Waals surface area (Å²) in [5.41, 5.74) is 2.58. The monoisotopic (exact) mass is 698 g/mol. The first-order valence-corrected chi connectivity index (χ1v) is 17.1. The minimum atomic E-state index is -0.677. The van der Waals surface area contributed by atoms with Crippen molar-refractivity contribution in [3.63, 3.8) is 0 Å². The zero-order valence-corrected chi connectivity index (χ0v) is 28.4. The summed E-state index contributed by atoms with van der Waals surface area (Å²) in [4.78, 5) is 40.7. The number of likely N-dealkylation sites (N-methyl/N-ethyl adjacent to an activating group) is 1. The van der Waals surface area contributed by atoms with E-state index in [9.17, 15) is 28.7 Å². The molecule has 2 aromatic carbocycles. The number of amidine groups is 1. The highest BCUT2D eigenvalue weighted by atomic mass is 19.2. The number of hydrogen-bond acceptors (Lipinski definition) is 10. The highest BCUT2D eigenvalue weighted by Gasteiger charge is 2.33. The van der Waals surface area contributed by atoms with E-state index in [1.165, 1.54) is 15.3 Å². The highest BCUT2D eigenvalue weighted by Crippen LogP contribution is 2.31. The number of aliphatic hydroxyl groups is 1. The molecule has 4 aromatic rings. The van der Waals surface area contributed by atoms with Crippen LogP contribution in [0.3, 0.4) is 0 Å². The van der Waals surface area contributed by atoms with E-state index in [1.807, 2.05) is 30.3 Å². The molecule has 4 heterocycles. The third kappa shape index (κ3) is 7.26. The number of halogens is 2. The molecule has 0 amide bonds. The van der Waals surface area contributed by atoms with Crippen LogP contribution in [-0.2, 0) is 6.54 Å². The lowest BCUT2D eigenvalue weighted by atomic mass is 9.91. The number of nitrogens with one attached hydrogen (secondary N) is 1. The van der Waals surface area contributed by atoms with Crippen LogP contribution in [-0.4, -0.2) is 79.1 Å². The van der Waals surface area contributed by atoms with Gasteiger partial charge in [0, 0.05) is 44.0 Å². The summed E-state index contributed by atoms with van der Waals surface area (Å²) in [6, 6.07) is 13.2. The van der Waals surface area contributed by atoms with Crippen molar-refractivity contribution in [2.45, 2.75) is 57.3 Å². The quantitative estimate of drug-likeness (QED) is 0.167. The molecule has 14 heteroatoms. The van der Waals surface area contributed by atoms with Crippen LogP contribution in [0.1, 0.15) is 44.2 Å². The Bertz CT molecular complexity index is 2170. The second-order valence-electron chi connectivity index (χ2n) is 13.6. The molecule has 3 N–H and O–H groups in total. The van der Waals surface area contributed by atoms with Crippen LogP contribution >= 0.6 is 0 Å². The SMILES string of the molecule is C[C@@H](O)CN(C)Cc1cc(O)ccc1-c1cccc(-n2c(=O)n(C3CCC(NCC4=C[N+]5CN(F)C=CC5=N4)CC3)c(=O)c3cc(F)cnc32)c1. The second-order valence-corrected chi connectivity index (χ2v) is 13.6. The number of hydrogen-bond donors (Lipinski definition) is 3. The van der Waals surface area contributed by atoms with Gasteiger partial charge in [-0.15, -0.1) is 0 Å². The van der Waals surface area contributed by atoms with Gasteiger partial charge in [0.15, 0.2) is 11.8 Å². The normalized spacial score (nSPS) is 19.8. The van der Waals surface area contributed by atoms with Crippen LogP contribution in [0.4, 0.5) is 8.87 Å². The Hall–Kier alpha value is -5.02. The lowest BCUT2D eigenvalue weighted by molar-refractivity contribution is 0.0711. The highest BCUT2D eigenvalue weighted by molar-refractivity contribution is 5.98. The molecule has 1 saturated carbocycles. The minimum absolute atomic E-state index is 0.00923. The Morgan fingerprint density at radius 3 is 2.71 bits per heavy atom. The molecule has 1 radical (unpaired) electrons. The summed E-state index contributed by atoms with van der Waals surface area (Å²) >= 11 is 0. The molecule has 3 aliphatic rings. The van der Waals surface area contributed by atoms with Crippen LogP contribution in [0, 0.1) is 5.82 Å². The average molecular weight is 699 g/mol. The van der Waals surface area contributed by atoms with Crippen LogP contribution in [0.2, 0.25) is 0 Å². The minimum Gasteiger partial charge on any atom is -0.508 e. The van der Waals surface area contributed by atoms with Gasteiger partial charge in [0.05, 0.1) is 23.4 Å². The number of aromatic hydroxyl groups is 1. The number of phenols is 1. The third-order valence-electron chi connectivity index (χ3n) is 9.58. The predicted octanol–water partition coefficient (Wildman–Crippen LogP) is 4.01. The van der Waals surface area contributed by atoms with Crippen molar-refractivity contribution in [2.24, 2.45) is 4.99 Å². The third-order valence-corrected chi connectivity index (χ3v) is 9.58.